The van der Waals surface area contributed by atoms with Gasteiger partial charge in [0.05, 0.1) is 0 Å². The maximum atomic E-state index is 4.81. The molecule has 0 aliphatic heterocycles. The summed E-state index contributed by atoms with van der Waals surface area (Å²) in [4.78, 5) is 0. The van der Waals surface area contributed by atoms with Gasteiger partial charge in [0, 0.05) is 15.9 Å². The van der Waals surface area contributed by atoms with Crippen molar-refractivity contribution in [2.24, 2.45) is 0 Å². The lowest BCUT2D eigenvalue weighted by atomic mass is 10.6. The molecule has 0 rings (SSSR count). The molecule has 1 nitrogen and oxygen atoms in total. The molecule has 0 aromatic heterocycles. The Morgan fingerprint density at radius 2 is 2.33 bits per heavy atom. The molecule has 0 fully saturated rings. The minimum atomic E-state index is 0.715. The van der Waals surface area contributed by atoms with Gasteiger partial charge in [0.25, 0.3) is 0 Å². The van der Waals surface area contributed by atoms with E-state index in [1.807, 2.05) is 0 Å². The molecule has 0 aromatic carbocycles. The second-order valence-corrected chi connectivity index (χ2v) is 2.30. The summed E-state index contributed by atoms with van der Waals surface area (Å²) in [5, 5.41) is 0. The molecule has 0 saturated heterocycles. The zero-order valence-corrected chi connectivity index (χ0v) is 5.32. The molecular weight excluding hydrogens is 95.0 g/mol. The lowest BCUT2D eigenvalue weighted by molar-refractivity contribution is 0.475. The highest BCUT2D eigenvalue weighted by Crippen LogP contribution is 2.08. The molecule has 0 saturated carbocycles. The van der Waals surface area contributed by atoms with Crippen LogP contribution in [0.15, 0.2) is 0 Å². The molecule has 0 aromatic rings. The summed E-state index contributed by atoms with van der Waals surface area (Å²) < 4.78 is 4.81. The normalized spacial score (nSPS) is 11.0. The third-order valence-electron chi connectivity index (χ3n) is 0.496. The molecule has 1 unspecified atom stereocenters. The third kappa shape index (κ3) is 4.39. The summed E-state index contributed by atoms with van der Waals surface area (Å²) in [6, 6.07) is 0. The Kier molecular flexibility index (Phi) is 5.74. The van der Waals surface area contributed by atoms with Crippen LogP contribution in [0.25, 0.3) is 0 Å². The average molecular weight is 106 g/mol. The first-order valence-corrected chi connectivity index (χ1v) is 3.29. The van der Waals surface area contributed by atoms with Crippen molar-refractivity contribution < 1.29 is 4.52 Å². The van der Waals surface area contributed by atoms with Crippen molar-refractivity contribution in [3.05, 3.63) is 0 Å². The van der Waals surface area contributed by atoms with Gasteiger partial charge in [-0.25, -0.2) is 0 Å². The maximum absolute atomic E-state index is 4.81. The van der Waals surface area contributed by atoms with Crippen LogP contribution < -0.4 is 0 Å². The monoisotopic (exact) mass is 106 g/mol. The van der Waals surface area contributed by atoms with Crippen molar-refractivity contribution in [2.75, 3.05) is 13.3 Å². The maximum Gasteiger partial charge on any atom is 0.0394 e. The Hall–Kier alpha value is 0.390. The van der Waals surface area contributed by atoms with Crippen LogP contribution in [0.1, 0.15) is 13.3 Å². The van der Waals surface area contributed by atoms with Gasteiger partial charge in [0.15, 0.2) is 0 Å². The summed E-state index contributed by atoms with van der Waals surface area (Å²) in [5.74, 6) is 0. The Balaban J connectivity index is 2.34. The molecule has 0 aliphatic rings. The average Bonchev–Trinajstić information content (AvgIpc) is 1.61. The highest BCUT2D eigenvalue weighted by Gasteiger charge is 1.74. The van der Waals surface area contributed by atoms with Gasteiger partial charge in [-0.05, 0) is 6.16 Å². The van der Waals surface area contributed by atoms with Crippen molar-refractivity contribution in [2.45, 2.75) is 13.3 Å². The van der Waals surface area contributed by atoms with Crippen molar-refractivity contribution in [3.63, 3.8) is 0 Å². The van der Waals surface area contributed by atoms with Crippen LogP contribution in [-0.4, -0.2) is 13.3 Å². The topological polar surface area (TPSA) is 9.23 Å². The van der Waals surface area contributed by atoms with Crippen LogP contribution in [0.2, 0.25) is 0 Å². The van der Waals surface area contributed by atoms with Gasteiger partial charge in [-0.1, -0.05) is 13.3 Å². The van der Waals surface area contributed by atoms with Crippen molar-refractivity contribution >= 4 is 8.81 Å². The molecule has 0 N–H and O–H groups in total. The van der Waals surface area contributed by atoms with Gasteiger partial charge >= 0.3 is 0 Å². The van der Waals surface area contributed by atoms with Crippen molar-refractivity contribution in [1.82, 2.24) is 0 Å². The van der Waals surface area contributed by atoms with E-state index in [-0.39, 0.29) is 0 Å². The standard InChI is InChI=1S/C4H11OP/c1-3-4-6-5-2/h6H,3-4H2,1-2H3. The SMILES string of the molecule is CCCPOC. The first-order valence-electron chi connectivity index (χ1n) is 2.17. The van der Waals surface area contributed by atoms with Gasteiger partial charge in [-0.2, -0.15) is 0 Å². The van der Waals surface area contributed by atoms with Crippen LogP contribution in [-0.2, 0) is 4.52 Å². The zero-order valence-electron chi connectivity index (χ0n) is 4.32. The zero-order chi connectivity index (χ0) is 4.83. The Morgan fingerprint density at radius 1 is 1.67 bits per heavy atom. The number of rotatable bonds is 3. The fraction of sp³-hybridized carbons (Fsp3) is 1.00. The molecule has 6 heavy (non-hydrogen) atoms. The molecule has 0 spiro atoms. The summed E-state index contributed by atoms with van der Waals surface area (Å²) >= 11 is 0. The molecule has 1 atom stereocenters. The first kappa shape index (κ1) is 6.39. The minimum absolute atomic E-state index is 0.715. The largest absolute Gasteiger partial charge is 0.366 e. The summed E-state index contributed by atoms with van der Waals surface area (Å²) in [6.45, 7) is 2.16. The fourth-order valence-electron chi connectivity index (χ4n) is 0.204. The minimum Gasteiger partial charge on any atom is -0.366 e. The predicted molar refractivity (Wildman–Crippen MR) is 30.5 cm³/mol. The predicted octanol–water partition coefficient (Wildman–Crippen LogP) is 1.64. The van der Waals surface area contributed by atoms with Crippen LogP contribution >= 0.6 is 8.81 Å². The van der Waals surface area contributed by atoms with E-state index in [1.54, 1.807) is 7.11 Å². The molecule has 0 heterocycles. The van der Waals surface area contributed by atoms with Crippen LogP contribution in [0.5, 0.6) is 0 Å². The number of hydrogen-bond donors (Lipinski definition) is 0. The van der Waals surface area contributed by atoms with Gasteiger partial charge in [-0.3, -0.25) is 0 Å². The Labute approximate surface area is 40.9 Å². The highest BCUT2D eigenvalue weighted by molar-refractivity contribution is 7.32. The van der Waals surface area contributed by atoms with Crippen molar-refractivity contribution in [3.8, 4) is 0 Å². The molecule has 0 aliphatic carbocycles. The smallest absolute Gasteiger partial charge is 0.0394 e. The molecule has 0 amide bonds. The quantitative estimate of drug-likeness (QED) is 0.392. The van der Waals surface area contributed by atoms with Crippen LogP contribution in [0.3, 0.4) is 0 Å². The highest BCUT2D eigenvalue weighted by atomic mass is 31.1. The van der Waals surface area contributed by atoms with E-state index in [0.29, 0.717) is 8.81 Å². The van der Waals surface area contributed by atoms with Gasteiger partial charge in [-0.15, -0.1) is 0 Å². The Morgan fingerprint density at radius 3 is 2.50 bits per heavy atom. The summed E-state index contributed by atoms with van der Waals surface area (Å²) in [6.07, 6.45) is 2.46. The number of hydrogen-bond acceptors (Lipinski definition) is 1. The van der Waals surface area contributed by atoms with E-state index in [9.17, 15) is 0 Å². The summed E-state index contributed by atoms with van der Waals surface area (Å²) in [5.41, 5.74) is 0. The van der Waals surface area contributed by atoms with Gasteiger partial charge in [0.2, 0.25) is 0 Å². The second kappa shape index (κ2) is 5.39. The van der Waals surface area contributed by atoms with Gasteiger partial charge in [0.1, 0.15) is 0 Å². The van der Waals surface area contributed by atoms with E-state index in [0.717, 1.165) is 0 Å². The van der Waals surface area contributed by atoms with E-state index in [2.05, 4.69) is 6.92 Å². The Bertz CT molecular complexity index is 19.5. The second-order valence-electron chi connectivity index (χ2n) is 1.10. The van der Waals surface area contributed by atoms with E-state index in [4.69, 9.17) is 4.52 Å². The van der Waals surface area contributed by atoms with Crippen LogP contribution in [0, 0.1) is 0 Å². The van der Waals surface area contributed by atoms with Gasteiger partial charge < -0.3 is 4.52 Å². The van der Waals surface area contributed by atoms with E-state index < -0.39 is 0 Å². The summed E-state index contributed by atoms with van der Waals surface area (Å²) in [7, 11) is 2.46. The lowest BCUT2D eigenvalue weighted by Gasteiger charge is -1.89. The molecular formula is C4H11OP. The van der Waals surface area contributed by atoms with E-state index in [1.165, 1.54) is 12.6 Å². The fourth-order valence-corrected chi connectivity index (χ4v) is 0.612. The molecule has 2 heteroatoms. The van der Waals surface area contributed by atoms with Crippen molar-refractivity contribution in [1.29, 1.82) is 0 Å². The molecule has 0 radical (unpaired) electrons. The van der Waals surface area contributed by atoms with E-state index >= 15 is 0 Å². The van der Waals surface area contributed by atoms with Crippen LogP contribution in [0.4, 0.5) is 0 Å². The third-order valence-corrected chi connectivity index (χ3v) is 1.49. The lowest BCUT2D eigenvalue weighted by Crippen LogP contribution is -1.68. The molecule has 0 bridgehead atoms. The first-order chi connectivity index (χ1) is 2.91. The molecule has 38 valence electrons.